The van der Waals surface area contributed by atoms with Crippen molar-refractivity contribution >= 4 is 21.7 Å². The number of benzene rings is 2. The Labute approximate surface area is 194 Å². The molecule has 6 nitrogen and oxygen atoms in total. The Bertz CT molecular complexity index is 1080. The number of hydrogen-bond acceptors (Lipinski definition) is 6. The Hall–Kier alpha value is -2.55. The van der Waals surface area contributed by atoms with E-state index in [1.807, 2.05) is 12.1 Å². The lowest BCUT2D eigenvalue weighted by molar-refractivity contribution is 0.0340. The molecule has 0 unspecified atom stereocenters. The summed E-state index contributed by atoms with van der Waals surface area (Å²) in [7, 11) is 0. The summed E-state index contributed by atoms with van der Waals surface area (Å²) in [4.78, 5) is 15.4. The number of Topliss-reactive ketones (excluding diaryl/α,β-unsaturated/α-hetero) is 1. The van der Waals surface area contributed by atoms with Gasteiger partial charge in [-0.25, -0.2) is 4.39 Å². The molecule has 0 bridgehead atoms. The van der Waals surface area contributed by atoms with Gasteiger partial charge in [0.2, 0.25) is 0 Å². The third-order valence-electron chi connectivity index (χ3n) is 5.45. The molecule has 3 aromatic rings. The van der Waals surface area contributed by atoms with Crippen LogP contribution in [-0.4, -0.2) is 42.1 Å². The monoisotopic (exact) mass is 502 g/mol. The molecule has 2 aromatic carbocycles. The fourth-order valence-corrected chi connectivity index (χ4v) is 4.02. The number of ketones is 1. The van der Waals surface area contributed by atoms with E-state index in [0.29, 0.717) is 30.2 Å². The van der Waals surface area contributed by atoms with Gasteiger partial charge in [0.1, 0.15) is 24.4 Å². The number of halogens is 2. The fraction of sp³-hybridized carbons (Fsp3) is 0.333. The van der Waals surface area contributed by atoms with Gasteiger partial charge in [0.25, 0.3) is 0 Å². The van der Waals surface area contributed by atoms with Crippen LogP contribution in [0.1, 0.15) is 32.7 Å². The number of ether oxygens (including phenoxy) is 2. The van der Waals surface area contributed by atoms with Gasteiger partial charge >= 0.3 is 0 Å². The lowest BCUT2D eigenvalue weighted by atomic mass is 10.0. The Morgan fingerprint density at radius 2 is 1.94 bits per heavy atom. The van der Waals surface area contributed by atoms with Gasteiger partial charge in [-0.15, -0.1) is 0 Å². The lowest BCUT2D eigenvalue weighted by Gasteiger charge is -2.27. The highest BCUT2D eigenvalue weighted by Crippen LogP contribution is 2.31. The predicted octanol–water partition coefficient (Wildman–Crippen LogP) is 4.72. The van der Waals surface area contributed by atoms with Crippen LogP contribution in [0.25, 0.3) is 0 Å². The first-order valence-electron chi connectivity index (χ1n) is 10.4. The van der Waals surface area contributed by atoms with E-state index in [1.54, 1.807) is 19.1 Å². The Balaban J connectivity index is 1.60. The average molecular weight is 503 g/mol. The van der Waals surface area contributed by atoms with Crippen LogP contribution in [-0.2, 0) is 24.3 Å². The molecule has 0 amide bonds. The zero-order valence-corrected chi connectivity index (χ0v) is 19.4. The lowest BCUT2D eigenvalue weighted by Crippen LogP contribution is -2.35. The fourth-order valence-electron chi connectivity index (χ4n) is 3.55. The maximum absolute atomic E-state index is 13.2. The number of nitrogens with zero attached hydrogens (tertiary/aromatic N) is 2. The van der Waals surface area contributed by atoms with Crippen molar-refractivity contribution in [2.45, 2.75) is 26.5 Å². The van der Waals surface area contributed by atoms with E-state index in [4.69, 9.17) is 14.0 Å². The first-order valence-corrected chi connectivity index (χ1v) is 11.2. The Morgan fingerprint density at radius 3 is 2.62 bits per heavy atom. The normalized spacial score (nSPS) is 14.5. The zero-order chi connectivity index (χ0) is 22.5. The molecule has 1 fully saturated rings. The SMILES string of the molecule is Cc1nocc1CC(=O)c1cc(Br)c(CN2CCOCC2)cc1OCc1ccc(F)cc1. The van der Waals surface area contributed by atoms with Crippen molar-refractivity contribution in [3.8, 4) is 5.75 Å². The molecular weight excluding hydrogens is 479 g/mol. The van der Waals surface area contributed by atoms with Crippen molar-refractivity contribution in [2.24, 2.45) is 0 Å². The van der Waals surface area contributed by atoms with Gasteiger partial charge in [-0.3, -0.25) is 9.69 Å². The van der Waals surface area contributed by atoms with Gasteiger partial charge in [-0.1, -0.05) is 33.2 Å². The number of morpholine rings is 1. The number of carbonyl (C=O) groups is 1. The number of carbonyl (C=O) groups excluding carboxylic acids is 1. The molecule has 0 N–H and O–H groups in total. The number of aryl methyl sites for hydroxylation is 1. The summed E-state index contributed by atoms with van der Waals surface area (Å²) in [6.45, 7) is 5.87. The second kappa shape index (κ2) is 10.4. The van der Waals surface area contributed by atoms with Crippen LogP contribution in [0.5, 0.6) is 5.75 Å². The third kappa shape index (κ3) is 5.62. The third-order valence-corrected chi connectivity index (χ3v) is 6.19. The minimum Gasteiger partial charge on any atom is -0.488 e. The average Bonchev–Trinajstić information content (AvgIpc) is 3.20. The first-order chi connectivity index (χ1) is 15.5. The molecule has 0 spiro atoms. The van der Waals surface area contributed by atoms with Gasteiger partial charge in [-0.05, 0) is 42.3 Å². The largest absolute Gasteiger partial charge is 0.488 e. The second-order valence-electron chi connectivity index (χ2n) is 7.77. The number of rotatable bonds is 8. The minimum atomic E-state index is -0.301. The highest BCUT2D eigenvalue weighted by molar-refractivity contribution is 9.10. The van der Waals surface area contributed by atoms with E-state index >= 15 is 0 Å². The second-order valence-corrected chi connectivity index (χ2v) is 8.62. The van der Waals surface area contributed by atoms with Crippen LogP contribution in [0.3, 0.4) is 0 Å². The van der Waals surface area contributed by atoms with Crippen molar-refractivity contribution in [2.75, 3.05) is 26.3 Å². The maximum Gasteiger partial charge on any atom is 0.171 e. The quantitative estimate of drug-likeness (QED) is 0.415. The molecule has 1 aromatic heterocycles. The van der Waals surface area contributed by atoms with Crippen molar-refractivity contribution in [1.82, 2.24) is 10.1 Å². The molecule has 1 saturated heterocycles. The molecule has 1 aliphatic heterocycles. The number of aromatic nitrogens is 1. The summed E-state index contributed by atoms with van der Waals surface area (Å²) in [5, 5.41) is 3.85. The Morgan fingerprint density at radius 1 is 1.19 bits per heavy atom. The van der Waals surface area contributed by atoms with Crippen molar-refractivity contribution in [3.63, 3.8) is 0 Å². The molecule has 4 rings (SSSR count). The predicted molar refractivity (Wildman–Crippen MR) is 120 cm³/mol. The van der Waals surface area contributed by atoms with Crippen molar-refractivity contribution < 1.29 is 23.2 Å². The Kier molecular flexibility index (Phi) is 7.34. The van der Waals surface area contributed by atoms with Gasteiger partial charge in [0.15, 0.2) is 5.78 Å². The molecular formula is C24H24BrFN2O4. The molecule has 32 heavy (non-hydrogen) atoms. The summed E-state index contributed by atoms with van der Waals surface area (Å²) in [6.07, 6.45) is 1.66. The van der Waals surface area contributed by atoms with Crippen LogP contribution in [0.2, 0.25) is 0 Å². The summed E-state index contributed by atoms with van der Waals surface area (Å²) < 4.78 is 30.6. The molecule has 0 radical (unpaired) electrons. The summed E-state index contributed by atoms with van der Waals surface area (Å²) >= 11 is 3.63. The summed E-state index contributed by atoms with van der Waals surface area (Å²) in [5.74, 6) is 0.106. The molecule has 0 saturated carbocycles. The topological polar surface area (TPSA) is 64.8 Å². The van der Waals surface area contributed by atoms with Crippen molar-refractivity contribution in [3.05, 3.63) is 80.9 Å². The van der Waals surface area contributed by atoms with Crippen LogP contribution in [0.4, 0.5) is 4.39 Å². The molecule has 1 aliphatic rings. The van der Waals surface area contributed by atoms with E-state index in [9.17, 15) is 9.18 Å². The molecule has 2 heterocycles. The summed E-state index contributed by atoms with van der Waals surface area (Å²) in [5.41, 5.74) is 3.75. The number of hydrogen-bond donors (Lipinski definition) is 0. The molecule has 0 atom stereocenters. The van der Waals surface area contributed by atoms with Crippen LogP contribution < -0.4 is 4.74 Å². The van der Waals surface area contributed by atoms with Gasteiger partial charge in [-0.2, -0.15) is 0 Å². The van der Waals surface area contributed by atoms with Crippen LogP contribution in [0.15, 0.2) is 51.7 Å². The van der Waals surface area contributed by atoms with E-state index < -0.39 is 0 Å². The van der Waals surface area contributed by atoms with Crippen LogP contribution in [0, 0.1) is 12.7 Å². The van der Waals surface area contributed by atoms with Gasteiger partial charge < -0.3 is 14.0 Å². The van der Waals surface area contributed by atoms with Gasteiger partial charge in [0.05, 0.1) is 24.5 Å². The smallest absolute Gasteiger partial charge is 0.171 e. The highest BCUT2D eigenvalue weighted by Gasteiger charge is 2.20. The van der Waals surface area contributed by atoms with E-state index in [-0.39, 0.29) is 24.6 Å². The molecule has 168 valence electrons. The van der Waals surface area contributed by atoms with Crippen LogP contribution >= 0.6 is 15.9 Å². The van der Waals surface area contributed by atoms with Crippen molar-refractivity contribution in [1.29, 1.82) is 0 Å². The maximum atomic E-state index is 13.2. The molecule has 0 aliphatic carbocycles. The molecule has 8 heteroatoms. The summed E-state index contributed by atoms with van der Waals surface area (Å²) in [6, 6.07) is 9.86. The van der Waals surface area contributed by atoms with Gasteiger partial charge in [0, 0.05) is 36.1 Å². The minimum absolute atomic E-state index is 0.0935. The highest BCUT2D eigenvalue weighted by atomic mass is 79.9. The van der Waals surface area contributed by atoms with E-state index in [0.717, 1.165) is 40.8 Å². The zero-order valence-electron chi connectivity index (χ0n) is 17.8. The standard InChI is InChI=1S/C24H24BrFN2O4/c1-16-19(15-32-27-16)10-23(29)21-12-22(25)18(13-28-6-8-30-9-7-28)11-24(21)31-14-17-2-4-20(26)5-3-17/h2-5,11-12,15H,6-10,13-14H2,1H3. The van der Waals surface area contributed by atoms with E-state index in [1.165, 1.54) is 18.4 Å². The van der Waals surface area contributed by atoms with E-state index in [2.05, 4.69) is 26.0 Å². The first kappa shape index (κ1) is 22.6.